The van der Waals surface area contributed by atoms with E-state index in [4.69, 9.17) is 0 Å². The summed E-state index contributed by atoms with van der Waals surface area (Å²) < 4.78 is 1.35. The summed E-state index contributed by atoms with van der Waals surface area (Å²) in [6.07, 6.45) is 0. The first-order valence-corrected chi connectivity index (χ1v) is 11.3. The van der Waals surface area contributed by atoms with E-state index in [-0.39, 0.29) is 11.4 Å². The molecule has 10 heteroatoms. The third-order valence-corrected chi connectivity index (χ3v) is 6.38. The standard InChI is InChI=1S/C21H19N5O3S2/c1-13-11-31-21(29)26(13)10-18(27)24-25-19(28)15-8-6-14(7-9-15)12-30-20-22-16-4-2-3-5-17(16)23-20/h2-9,11H,10,12H2,1H3,(H,22,23)(H,24,27)(H,25,28). The molecule has 0 radical (unpaired) electrons. The zero-order valence-corrected chi connectivity index (χ0v) is 18.2. The quantitative estimate of drug-likeness (QED) is 0.307. The number of benzene rings is 2. The van der Waals surface area contributed by atoms with Gasteiger partial charge in [0.2, 0.25) is 0 Å². The van der Waals surface area contributed by atoms with Gasteiger partial charge in [-0.3, -0.25) is 29.8 Å². The number of thioether (sulfide) groups is 1. The maximum Gasteiger partial charge on any atom is 0.307 e. The van der Waals surface area contributed by atoms with Crippen molar-refractivity contribution >= 4 is 45.9 Å². The molecule has 2 aromatic carbocycles. The highest BCUT2D eigenvalue weighted by Gasteiger charge is 2.11. The number of carbonyl (C=O) groups excluding carboxylic acids is 2. The van der Waals surface area contributed by atoms with Crippen molar-refractivity contribution in [1.82, 2.24) is 25.4 Å². The Morgan fingerprint density at radius 3 is 2.61 bits per heavy atom. The lowest BCUT2D eigenvalue weighted by Gasteiger charge is -2.09. The number of nitrogens with one attached hydrogen (secondary N) is 3. The van der Waals surface area contributed by atoms with Crippen LogP contribution >= 0.6 is 23.1 Å². The van der Waals surface area contributed by atoms with Crippen molar-refractivity contribution in [3.63, 3.8) is 0 Å². The number of aromatic nitrogens is 3. The Balaban J connectivity index is 1.28. The van der Waals surface area contributed by atoms with Gasteiger partial charge in [0.1, 0.15) is 6.54 Å². The molecule has 2 amide bonds. The van der Waals surface area contributed by atoms with E-state index in [0.29, 0.717) is 17.0 Å². The molecule has 2 heterocycles. The lowest BCUT2D eigenvalue weighted by Crippen LogP contribution is -2.44. The molecule has 2 aromatic heterocycles. The Bertz CT molecular complexity index is 1260. The van der Waals surface area contributed by atoms with Gasteiger partial charge in [0.25, 0.3) is 11.8 Å². The zero-order chi connectivity index (χ0) is 21.8. The number of hydrazine groups is 1. The minimum absolute atomic E-state index is 0.146. The number of imidazole rings is 1. The highest BCUT2D eigenvalue weighted by molar-refractivity contribution is 7.98. The molecule has 0 aliphatic heterocycles. The highest BCUT2D eigenvalue weighted by Crippen LogP contribution is 2.23. The van der Waals surface area contributed by atoms with Gasteiger partial charge in [-0.25, -0.2) is 4.98 Å². The molecule has 0 fully saturated rings. The highest BCUT2D eigenvalue weighted by atomic mass is 32.2. The number of aryl methyl sites for hydroxylation is 1. The van der Waals surface area contributed by atoms with Crippen LogP contribution in [0.5, 0.6) is 0 Å². The van der Waals surface area contributed by atoms with E-state index in [9.17, 15) is 14.4 Å². The molecule has 0 aliphatic carbocycles. The van der Waals surface area contributed by atoms with Crippen LogP contribution in [0.4, 0.5) is 0 Å². The Morgan fingerprint density at radius 2 is 1.90 bits per heavy atom. The van der Waals surface area contributed by atoms with Gasteiger partial charge in [0.15, 0.2) is 5.16 Å². The number of carbonyl (C=O) groups is 2. The van der Waals surface area contributed by atoms with Crippen molar-refractivity contribution in [2.45, 2.75) is 24.4 Å². The second-order valence-corrected chi connectivity index (χ2v) is 8.56. The monoisotopic (exact) mass is 453 g/mol. The summed E-state index contributed by atoms with van der Waals surface area (Å²) in [5.74, 6) is -0.206. The maximum absolute atomic E-state index is 12.3. The van der Waals surface area contributed by atoms with E-state index in [1.54, 1.807) is 36.2 Å². The molecular weight excluding hydrogens is 434 g/mol. The van der Waals surface area contributed by atoms with Crippen molar-refractivity contribution in [3.05, 3.63) is 80.4 Å². The molecule has 8 nitrogen and oxygen atoms in total. The van der Waals surface area contributed by atoms with E-state index in [0.717, 1.165) is 33.1 Å². The molecule has 0 spiro atoms. The molecule has 158 valence electrons. The smallest absolute Gasteiger partial charge is 0.307 e. The van der Waals surface area contributed by atoms with Crippen molar-refractivity contribution in [2.24, 2.45) is 0 Å². The fourth-order valence-corrected chi connectivity index (χ4v) is 4.45. The van der Waals surface area contributed by atoms with Crippen molar-refractivity contribution in [3.8, 4) is 0 Å². The number of thiazole rings is 1. The average Bonchev–Trinajstić information content (AvgIpc) is 3.34. The molecule has 0 unspecified atom stereocenters. The van der Waals surface area contributed by atoms with Crippen LogP contribution in [0.25, 0.3) is 11.0 Å². The maximum atomic E-state index is 12.3. The molecule has 31 heavy (non-hydrogen) atoms. The van der Waals surface area contributed by atoms with Crippen LogP contribution < -0.4 is 15.7 Å². The van der Waals surface area contributed by atoms with Crippen LogP contribution in [0, 0.1) is 6.92 Å². The van der Waals surface area contributed by atoms with Gasteiger partial charge in [0, 0.05) is 22.4 Å². The third kappa shape index (κ3) is 5.04. The summed E-state index contributed by atoms with van der Waals surface area (Å²) in [6.45, 7) is 1.60. The second-order valence-electron chi connectivity index (χ2n) is 6.78. The number of hydrogen-bond donors (Lipinski definition) is 3. The lowest BCUT2D eigenvalue weighted by molar-refractivity contribution is -0.122. The van der Waals surface area contributed by atoms with E-state index < -0.39 is 11.8 Å². The Hall–Kier alpha value is -3.37. The second kappa shape index (κ2) is 9.19. The molecule has 4 aromatic rings. The summed E-state index contributed by atoms with van der Waals surface area (Å²) in [4.78, 5) is 43.5. The number of nitrogens with zero attached hydrogens (tertiary/aromatic N) is 2. The fraction of sp³-hybridized carbons (Fsp3) is 0.143. The van der Waals surface area contributed by atoms with Gasteiger partial charge in [-0.1, -0.05) is 47.4 Å². The van der Waals surface area contributed by atoms with Gasteiger partial charge in [-0.05, 0) is 36.8 Å². The summed E-state index contributed by atoms with van der Waals surface area (Å²) in [6, 6.07) is 15.0. The minimum Gasteiger partial charge on any atom is -0.333 e. The Labute approximate surface area is 185 Å². The predicted octanol–water partition coefficient (Wildman–Crippen LogP) is 2.85. The van der Waals surface area contributed by atoms with Crippen LogP contribution in [0.2, 0.25) is 0 Å². The number of aromatic amines is 1. The SMILES string of the molecule is Cc1csc(=O)n1CC(=O)NNC(=O)c1ccc(CSc2nc3ccccc3[nH]2)cc1. The minimum atomic E-state index is -0.476. The van der Waals surface area contributed by atoms with Crippen LogP contribution in [-0.4, -0.2) is 26.3 Å². The molecular formula is C21H19N5O3S2. The van der Waals surface area contributed by atoms with Crippen molar-refractivity contribution in [2.75, 3.05) is 0 Å². The summed E-state index contributed by atoms with van der Waals surface area (Å²) in [7, 11) is 0. The Morgan fingerprint density at radius 1 is 1.13 bits per heavy atom. The van der Waals surface area contributed by atoms with Crippen LogP contribution in [-0.2, 0) is 17.1 Å². The number of amides is 2. The predicted molar refractivity (Wildman–Crippen MR) is 121 cm³/mol. The van der Waals surface area contributed by atoms with Gasteiger partial charge < -0.3 is 4.98 Å². The van der Waals surface area contributed by atoms with Gasteiger partial charge in [-0.15, -0.1) is 0 Å². The van der Waals surface area contributed by atoms with Crippen LogP contribution in [0.1, 0.15) is 21.6 Å². The average molecular weight is 454 g/mol. The number of para-hydroxylation sites is 2. The van der Waals surface area contributed by atoms with Crippen molar-refractivity contribution < 1.29 is 9.59 Å². The van der Waals surface area contributed by atoms with Gasteiger partial charge >= 0.3 is 4.87 Å². The molecule has 0 aliphatic rings. The normalized spacial score (nSPS) is 10.9. The van der Waals surface area contributed by atoms with Gasteiger partial charge in [0.05, 0.1) is 11.0 Å². The van der Waals surface area contributed by atoms with E-state index in [1.165, 1.54) is 4.57 Å². The Kier molecular flexibility index (Phi) is 6.19. The largest absolute Gasteiger partial charge is 0.333 e. The van der Waals surface area contributed by atoms with Crippen LogP contribution in [0.15, 0.2) is 63.9 Å². The molecule has 0 saturated heterocycles. The molecule has 4 rings (SSSR count). The lowest BCUT2D eigenvalue weighted by atomic mass is 10.1. The summed E-state index contributed by atoms with van der Waals surface area (Å²) in [5, 5.41) is 2.52. The first-order valence-electron chi connectivity index (χ1n) is 9.40. The third-order valence-electron chi connectivity index (χ3n) is 4.55. The molecule has 3 N–H and O–H groups in total. The van der Waals surface area contributed by atoms with Crippen LogP contribution in [0.3, 0.4) is 0 Å². The first-order chi connectivity index (χ1) is 15.0. The molecule has 0 saturated carbocycles. The topological polar surface area (TPSA) is 109 Å². The summed E-state index contributed by atoms with van der Waals surface area (Å²) in [5.41, 5.74) is 8.80. The number of rotatable bonds is 6. The fourth-order valence-electron chi connectivity index (χ4n) is 2.88. The number of H-pyrrole nitrogens is 1. The van der Waals surface area contributed by atoms with E-state index in [2.05, 4.69) is 20.8 Å². The van der Waals surface area contributed by atoms with E-state index in [1.807, 2.05) is 36.4 Å². The number of fused-ring (bicyclic) bond motifs is 1. The zero-order valence-electron chi connectivity index (χ0n) is 16.5. The summed E-state index contributed by atoms with van der Waals surface area (Å²) >= 11 is 2.61. The van der Waals surface area contributed by atoms with Crippen molar-refractivity contribution in [1.29, 1.82) is 0 Å². The molecule has 0 bridgehead atoms. The number of hydrogen-bond acceptors (Lipinski definition) is 6. The van der Waals surface area contributed by atoms with E-state index >= 15 is 0 Å². The van der Waals surface area contributed by atoms with Gasteiger partial charge in [-0.2, -0.15) is 0 Å². The first kappa shape index (κ1) is 20.9. The molecule has 0 atom stereocenters.